The zero-order valence-corrected chi connectivity index (χ0v) is 13.5. The number of hydroxylamine groups is 2. The van der Waals surface area contributed by atoms with Crippen molar-refractivity contribution in [3.05, 3.63) is 70.8 Å². The summed E-state index contributed by atoms with van der Waals surface area (Å²) < 4.78 is 22.1. The van der Waals surface area contributed by atoms with Crippen molar-refractivity contribution in [3.63, 3.8) is 0 Å². The molecule has 9 heteroatoms. The lowest BCUT2D eigenvalue weighted by atomic mass is 10.1. The largest absolute Gasteiger partial charge is 0.363 e. The van der Waals surface area contributed by atoms with Crippen molar-refractivity contribution in [1.29, 1.82) is 0 Å². The molecule has 0 aromatic heterocycles. The second kappa shape index (κ2) is 6.11. The average molecular weight is 360 g/mol. The summed E-state index contributed by atoms with van der Waals surface area (Å²) in [4.78, 5) is 41.3. The first kappa shape index (κ1) is 16.8. The fourth-order valence-electron chi connectivity index (χ4n) is 2.36. The molecule has 8 nitrogen and oxygen atoms in total. The highest BCUT2D eigenvalue weighted by molar-refractivity contribution is 7.88. The second-order valence-electron chi connectivity index (χ2n) is 5.33. The molecule has 0 radical (unpaired) electrons. The quantitative estimate of drug-likeness (QED) is 0.806. The smallest absolute Gasteiger partial charge is 0.324 e. The van der Waals surface area contributed by atoms with Crippen LogP contribution < -0.4 is 5.14 Å². The van der Waals surface area contributed by atoms with Crippen LogP contribution in [-0.4, -0.2) is 31.3 Å². The molecule has 0 bridgehead atoms. The van der Waals surface area contributed by atoms with E-state index in [1.807, 2.05) is 0 Å². The van der Waals surface area contributed by atoms with Crippen molar-refractivity contribution in [1.82, 2.24) is 5.06 Å². The number of imide groups is 1. The Morgan fingerprint density at radius 3 is 1.96 bits per heavy atom. The van der Waals surface area contributed by atoms with Crippen LogP contribution in [0.4, 0.5) is 0 Å². The lowest BCUT2D eigenvalue weighted by molar-refractivity contribution is -0.0584. The molecule has 128 valence electrons. The summed E-state index contributed by atoms with van der Waals surface area (Å²) in [5.74, 6) is -2.74. The first-order valence-corrected chi connectivity index (χ1v) is 8.77. The topological polar surface area (TPSA) is 124 Å². The van der Waals surface area contributed by atoms with Gasteiger partial charge in [-0.2, -0.15) is 0 Å². The van der Waals surface area contributed by atoms with Crippen LogP contribution in [0, 0.1) is 0 Å². The third-order valence-corrected chi connectivity index (χ3v) is 4.22. The summed E-state index contributed by atoms with van der Waals surface area (Å²) in [6.45, 7) is 0. The molecule has 2 amide bonds. The van der Waals surface area contributed by atoms with E-state index in [9.17, 15) is 22.8 Å². The van der Waals surface area contributed by atoms with Crippen LogP contribution in [0.1, 0.15) is 36.6 Å². The SMILES string of the molecule is NS(=O)(=O)Cc1ccc(C(=O)ON2C(=O)c3ccccc3C2=O)cc1. The number of carbonyl (C=O) groups excluding carboxylic acids is 3. The van der Waals surface area contributed by atoms with Crippen molar-refractivity contribution >= 4 is 27.8 Å². The number of nitrogens with two attached hydrogens (primary N) is 1. The lowest BCUT2D eigenvalue weighted by Gasteiger charge is -2.12. The Bertz CT molecular complexity index is 947. The van der Waals surface area contributed by atoms with E-state index in [1.165, 1.54) is 36.4 Å². The third kappa shape index (κ3) is 3.42. The summed E-state index contributed by atoms with van der Waals surface area (Å²) in [5.41, 5.74) is 0.752. The normalized spacial score (nSPS) is 13.7. The van der Waals surface area contributed by atoms with Crippen molar-refractivity contribution in [2.45, 2.75) is 5.75 Å². The predicted octanol–water partition coefficient (Wildman–Crippen LogP) is 0.843. The number of amides is 2. The van der Waals surface area contributed by atoms with Crippen LogP contribution in [0.3, 0.4) is 0 Å². The molecule has 0 saturated carbocycles. The van der Waals surface area contributed by atoms with Gasteiger partial charge in [-0.3, -0.25) is 9.59 Å². The van der Waals surface area contributed by atoms with E-state index in [0.29, 0.717) is 10.6 Å². The van der Waals surface area contributed by atoms with Crippen LogP contribution >= 0.6 is 0 Å². The first-order chi connectivity index (χ1) is 11.8. The van der Waals surface area contributed by atoms with Gasteiger partial charge >= 0.3 is 5.97 Å². The van der Waals surface area contributed by atoms with Crippen molar-refractivity contribution < 1.29 is 27.6 Å². The maximum absolute atomic E-state index is 12.1. The molecule has 0 atom stereocenters. The monoisotopic (exact) mass is 360 g/mol. The van der Waals surface area contributed by atoms with Gasteiger partial charge in [0.15, 0.2) is 0 Å². The van der Waals surface area contributed by atoms with Gasteiger partial charge in [0, 0.05) is 0 Å². The number of nitrogens with zero attached hydrogens (tertiary/aromatic N) is 1. The highest BCUT2D eigenvalue weighted by Crippen LogP contribution is 2.23. The van der Waals surface area contributed by atoms with Gasteiger partial charge in [-0.25, -0.2) is 18.4 Å². The van der Waals surface area contributed by atoms with Gasteiger partial charge in [0.05, 0.1) is 22.4 Å². The molecule has 0 fully saturated rings. The fourth-order valence-corrected chi connectivity index (χ4v) is 3.01. The van der Waals surface area contributed by atoms with Crippen molar-refractivity contribution in [2.75, 3.05) is 0 Å². The zero-order valence-electron chi connectivity index (χ0n) is 12.7. The van der Waals surface area contributed by atoms with Gasteiger partial charge in [-0.1, -0.05) is 29.3 Å². The van der Waals surface area contributed by atoms with Crippen LogP contribution in [0.25, 0.3) is 0 Å². The summed E-state index contributed by atoms with van der Waals surface area (Å²) in [6, 6.07) is 11.5. The van der Waals surface area contributed by atoms with Gasteiger partial charge in [0.25, 0.3) is 11.8 Å². The van der Waals surface area contributed by atoms with Crippen LogP contribution in [0.2, 0.25) is 0 Å². The molecule has 0 aliphatic carbocycles. The number of benzene rings is 2. The minimum atomic E-state index is -3.69. The molecule has 1 aliphatic rings. The second-order valence-corrected chi connectivity index (χ2v) is 6.95. The van der Waals surface area contributed by atoms with Crippen molar-refractivity contribution in [3.8, 4) is 0 Å². The van der Waals surface area contributed by atoms with Gasteiger partial charge in [-0.05, 0) is 29.8 Å². The van der Waals surface area contributed by atoms with E-state index in [1.54, 1.807) is 12.1 Å². The maximum Gasteiger partial charge on any atom is 0.363 e. The summed E-state index contributed by atoms with van der Waals surface area (Å²) >= 11 is 0. The Labute approximate surface area is 142 Å². The molecular formula is C16H12N2O6S. The average Bonchev–Trinajstić information content (AvgIpc) is 2.79. The molecule has 1 heterocycles. The molecule has 3 rings (SSSR count). The molecule has 0 spiro atoms. The van der Waals surface area contributed by atoms with Gasteiger partial charge < -0.3 is 4.84 Å². The van der Waals surface area contributed by atoms with E-state index >= 15 is 0 Å². The van der Waals surface area contributed by atoms with Gasteiger partial charge in [-0.15, -0.1) is 0 Å². The Balaban J connectivity index is 1.75. The van der Waals surface area contributed by atoms with Gasteiger partial charge in [0.1, 0.15) is 0 Å². The number of hydrogen-bond acceptors (Lipinski definition) is 6. The summed E-state index contributed by atoms with van der Waals surface area (Å²) in [7, 11) is -3.69. The number of sulfonamides is 1. The van der Waals surface area contributed by atoms with E-state index in [0.717, 1.165) is 0 Å². The Kier molecular flexibility index (Phi) is 4.11. The number of carbonyl (C=O) groups is 3. The number of fused-ring (bicyclic) bond motifs is 1. The first-order valence-electron chi connectivity index (χ1n) is 7.06. The minimum absolute atomic E-state index is 0.0507. The van der Waals surface area contributed by atoms with E-state index in [-0.39, 0.29) is 22.4 Å². The number of primary sulfonamides is 1. The molecular weight excluding hydrogens is 348 g/mol. The molecule has 2 N–H and O–H groups in total. The molecule has 1 aliphatic heterocycles. The molecule has 0 saturated heterocycles. The van der Waals surface area contributed by atoms with Crippen LogP contribution in [-0.2, 0) is 20.6 Å². The molecule has 2 aromatic carbocycles. The van der Waals surface area contributed by atoms with Crippen molar-refractivity contribution in [2.24, 2.45) is 5.14 Å². The Morgan fingerprint density at radius 2 is 1.48 bits per heavy atom. The Hall–Kier alpha value is -3.04. The molecule has 2 aromatic rings. The molecule has 0 unspecified atom stereocenters. The Morgan fingerprint density at radius 1 is 0.960 bits per heavy atom. The van der Waals surface area contributed by atoms with E-state index < -0.39 is 27.8 Å². The maximum atomic E-state index is 12.1. The highest BCUT2D eigenvalue weighted by atomic mass is 32.2. The molecule has 25 heavy (non-hydrogen) atoms. The lowest BCUT2D eigenvalue weighted by Crippen LogP contribution is -2.32. The summed E-state index contributed by atoms with van der Waals surface area (Å²) in [6.07, 6.45) is 0. The third-order valence-electron chi connectivity index (χ3n) is 3.49. The van der Waals surface area contributed by atoms with E-state index in [2.05, 4.69) is 0 Å². The van der Waals surface area contributed by atoms with Crippen LogP contribution in [0.15, 0.2) is 48.5 Å². The van der Waals surface area contributed by atoms with Crippen LogP contribution in [0.5, 0.6) is 0 Å². The van der Waals surface area contributed by atoms with E-state index in [4.69, 9.17) is 9.98 Å². The number of rotatable bonds is 4. The predicted molar refractivity (Wildman–Crippen MR) is 85.6 cm³/mol. The fraction of sp³-hybridized carbons (Fsp3) is 0.0625. The zero-order chi connectivity index (χ0) is 18.2. The summed E-state index contributed by atoms with van der Waals surface area (Å²) in [5, 5.41) is 5.35. The highest BCUT2D eigenvalue weighted by Gasteiger charge is 2.38. The minimum Gasteiger partial charge on any atom is -0.324 e. The standard InChI is InChI=1S/C16H12N2O6S/c17-25(22,23)9-10-5-7-11(8-6-10)16(21)24-18-14(19)12-3-1-2-4-13(12)15(18)20/h1-8H,9H2,(H2,17,22,23). The van der Waals surface area contributed by atoms with Gasteiger partial charge in [0.2, 0.25) is 10.0 Å². The number of hydrogen-bond donors (Lipinski definition) is 1.